The van der Waals surface area contributed by atoms with Gasteiger partial charge in [0.1, 0.15) is 0 Å². The largest absolute Gasteiger partial charge is 0.388 e. The molecule has 3 rings (SSSR count). The standard InChI is InChI=1S/C24H31ClN2O2/c1-24(2,23(26)29)20-5-3-4-19(16-20)17-10-13-27(14-11-17)15-12-22(28)18-6-8-21(25)9-7-18/h3-9,16-17,22,28H,10-15H2,1-2H3,(H2,26,29). The summed E-state index contributed by atoms with van der Waals surface area (Å²) in [5.74, 6) is 0.194. The number of hydrogen-bond acceptors (Lipinski definition) is 3. The third-order valence-corrected chi connectivity index (χ3v) is 6.51. The predicted octanol–water partition coefficient (Wildman–Crippen LogP) is 4.41. The van der Waals surface area contributed by atoms with Crippen molar-refractivity contribution in [2.75, 3.05) is 19.6 Å². The number of hydrogen-bond donors (Lipinski definition) is 2. The van der Waals surface area contributed by atoms with Gasteiger partial charge in [-0.05, 0) is 80.9 Å². The number of aliphatic hydroxyl groups excluding tert-OH is 1. The molecule has 1 amide bonds. The van der Waals surface area contributed by atoms with Crippen LogP contribution in [0, 0.1) is 0 Å². The average Bonchev–Trinajstić information content (AvgIpc) is 2.73. The molecule has 1 aliphatic rings. The van der Waals surface area contributed by atoms with Crippen molar-refractivity contribution >= 4 is 17.5 Å². The fourth-order valence-electron chi connectivity index (χ4n) is 3.97. The number of primary amides is 1. The molecule has 1 fully saturated rings. The van der Waals surface area contributed by atoms with Crippen molar-refractivity contribution in [2.45, 2.75) is 50.5 Å². The number of nitrogens with two attached hydrogens (primary N) is 1. The van der Waals surface area contributed by atoms with Gasteiger partial charge in [-0.3, -0.25) is 4.79 Å². The maximum Gasteiger partial charge on any atom is 0.227 e. The zero-order valence-corrected chi connectivity index (χ0v) is 18.0. The Morgan fingerprint density at radius 3 is 2.48 bits per heavy atom. The zero-order chi connectivity index (χ0) is 21.0. The first kappa shape index (κ1) is 21.8. The predicted molar refractivity (Wildman–Crippen MR) is 118 cm³/mol. The number of carbonyl (C=O) groups is 1. The first-order chi connectivity index (χ1) is 13.8. The molecule has 0 bridgehead atoms. The molecule has 1 saturated heterocycles. The molecule has 156 valence electrons. The third kappa shape index (κ3) is 5.39. The van der Waals surface area contributed by atoms with Crippen LogP contribution in [-0.2, 0) is 10.2 Å². The normalized spacial score (nSPS) is 17.2. The SMILES string of the molecule is CC(C)(C(N)=O)c1cccc(C2CCN(CCC(O)c3ccc(Cl)cc3)CC2)c1. The Morgan fingerprint density at radius 2 is 1.86 bits per heavy atom. The van der Waals surface area contributed by atoms with E-state index < -0.39 is 11.5 Å². The Hall–Kier alpha value is -1.88. The summed E-state index contributed by atoms with van der Waals surface area (Å²) in [4.78, 5) is 14.2. The monoisotopic (exact) mass is 414 g/mol. The Morgan fingerprint density at radius 1 is 1.21 bits per heavy atom. The van der Waals surface area contributed by atoms with Gasteiger partial charge in [-0.15, -0.1) is 0 Å². The lowest BCUT2D eigenvalue weighted by Crippen LogP contribution is -2.36. The molecule has 0 radical (unpaired) electrons. The number of piperidine rings is 1. The van der Waals surface area contributed by atoms with E-state index in [0.717, 1.165) is 43.6 Å². The Balaban J connectivity index is 1.53. The van der Waals surface area contributed by atoms with E-state index in [1.165, 1.54) is 5.56 Å². The zero-order valence-electron chi connectivity index (χ0n) is 17.3. The lowest BCUT2D eigenvalue weighted by Gasteiger charge is -2.33. The van der Waals surface area contributed by atoms with Gasteiger partial charge in [-0.1, -0.05) is 48.0 Å². The lowest BCUT2D eigenvalue weighted by molar-refractivity contribution is -0.122. The Labute approximate surface area is 178 Å². The molecular weight excluding hydrogens is 384 g/mol. The molecule has 1 heterocycles. The molecule has 1 unspecified atom stereocenters. The molecule has 3 N–H and O–H groups in total. The van der Waals surface area contributed by atoms with Gasteiger partial charge >= 0.3 is 0 Å². The smallest absolute Gasteiger partial charge is 0.227 e. The third-order valence-electron chi connectivity index (χ3n) is 6.26. The van der Waals surface area contributed by atoms with Crippen LogP contribution in [-0.4, -0.2) is 35.5 Å². The molecule has 2 aromatic carbocycles. The van der Waals surface area contributed by atoms with E-state index in [9.17, 15) is 9.90 Å². The van der Waals surface area contributed by atoms with Gasteiger partial charge in [-0.2, -0.15) is 0 Å². The van der Waals surface area contributed by atoms with Crippen LogP contribution in [0.4, 0.5) is 0 Å². The van der Waals surface area contributed by atoms with Crippen molar-refractivity contribution in [3.05, 3.63) is 70.2 Å². The minimum Gasteiger partial charge on any atom is -0.388 e. The van der Waals surface area contributed by atoms with E-state index in [1.807, 2.05) is 50.2 Å². The van der Waals surface area contributed by atoms with Gasteiger partial charge in [0.15, 0.2) is 0 Å². The number of rotatable bonds is 7. The summed E-state index contributed by atoms with van der Waals surface area (Å²) in [6, 6.07) is 15.7. The molecule has 29 heavy (non-hydrogen) atoms. The van der Waals surface area contributed by atoms with Crippen molar-refractivity contribution in [3.8, 4) is 0 Å². The van der Waals surface area contributed by atoms with Gasteiger partial charge in [-0.25, -0.2) is 0 Å². The van der Waals surface area contributed by atoms with Gasteiger partial charge in [0.25, 0.3) is 0 Å². The van der Waals surface area contributed by atoms with Crippen LogP contribution in [0.2, 0.25) is 5.02 Å². The first-order valence-electron chi connectivity index (χ1n) is 10.3. The van der Waals surface area contributed by atoms with Crippen LogP contribution in [0.25, 0.3) is 0 Å². The number of aliphatic hydroxyl groups is 1. The molecular formula is C24H31ClN2O2. The molecule has 5 heteroatoms. The molecule has 4 nitrogen and oxygen atoms in total. The molecule has 0 aromatic heterocycles. The van der Waals surface area contributed by atoms with Crippen LogP contribution in [0.15, 0.2) is 48.5 Å². The van der Waals surface area contributed by atoms with Crippen LogP contribution >= 0.6 is 11.6 Å². The van der Waals surface area contributed by atoms with Crippen LogP contribution in [0.1, 0.15) is 61.8 Å². The highest BCUT2D eigenvalue weighted by Crippen LogP contribution is 2.32. The van der Waals surface area contributed by atoms with Crippen molar-refractivity contribution in [3.63, 3.8) is 0 Å². The molecule has 0 spiro atoms. The summed E-state index contributed by atoms with van der Waals surface area (Å²) in [5.41, 5.74) is 8.11. The highest BCUT2D eigenvalue weighted by atomic mass is 35.5. The number of halogens is 1. The highest BCUT2D eigenvalue weighted by Gasteiger charge is 2.28. The van der Waals surface area contributed by atoms with E-state index >= 15 is 0 Å². The summed E-state index contributed by atoms with van der Waals surface area (Å²) in [6.45, 7) is 6.67. The molecule has 1 atom stereocenters. The van der Waals surface area contributed by atoms with E-state index in [0.29, 0.717) is 17.4 Å². The van der Waals surface area contributed by atoms with Crippen molar-refractivity contribution in [1.82, 2.24) is 4.90 Å². The average molecular weight is 415 g/mol. The van der Waals surface area contributed by atoms with E-state index in [4.69, 9.17) is 17.3 Å². The van der Waals surface area contributed by atoms with Crippen LogP contribution in [0.3, 0.4) is 0 Å². The number of nitrogens with zero attached hydrogens (tertiary/aromatic N) is 1. The van der Waals surface area contributed by atoms with Crippen molar-refractivity contribution < 1.29 is 9.90 Å². The second kappa shape index (κ2) is 9.29. The Kier molecular flexibility index (Phi) is 6.99. The van der Waals surface area contributed by atoms with E-state index in [-0.39, 0.29) is 5.91 Å². The van der Waals surface area contributed by atoms with Gasteiger partial charge in [0.05, 0.1) is 11.5 Å². The van der Waals surface area contributed by atoms with Crippen LogP contribution in [0.5, 0.6) is 0 Å². The molecule has 2 aromatic rings. The maximum atomic E-state index is 11.8. The lowest BCUT2D eigenvalue weighted by atomic mass is 9.80. The number of carbonyl (C=O) groups excluding carboxylic acids is 1. The fraction of sp³-hybridized carbons (Fsp3) is 0.458. The summed E-state index contributed by atoms with van der Waals surface area (Å²) in [6.07, 6.45) is 2.42. The van der Waals surface area contributed by atoms with Gasteiger partial charge in [0, 0.05) is 11.6 Å². The molecule has 0 saturated carbocycles. The van der Waals surface area contributed by atoms with Gasteiger partial charge in [0.2, 0.25) is 5.91 Å². The summed E-state index contributed by atoms with van der Waals surface area (Å²) in [7, 11) is 0. The van der Waals surface area contributed by atoms with Gasteiger partial charge < -0.3 is 15.7 Å². The second-order valence-corrected chi connectivity index (χ2v) is 9.02. The van der Waals surface area contributed by atoms with Crippen LogP contribution < -0.4 is 5.73 Å². The summed E-state index contributed by atoms with van der Waals surface area (Å²) in [5, 5.41) is 11.1. The van der Waals surface area contributed by atoms with E-state index in [2.05, 4.69) is 17.0 Å². The Bertz CT molecular complexity index is 827. The number of likely N-dealkylation sites (tertiary alicyclic amines) is 1. The maximum absolute atomic E-state index is 11.8. The molecule has 1 aliphatic heterocycles. The number of amides is 1. The molecule has 0 aliphatic carbocycles. The summed E-state index contributed by atoms with van der Waals surface area (Å²) < 4.78 is 0. The first-order valence-corrected chi connectivity index (χ1v) is 10.7. The topological polar surface area (TPSA) is 66.6 Å². The second-order valence-electron chi connectivity index (χ2n) is 8.59. The van der Waals surface area contributed by atoms with Crippen molar-refractivity contribution in [2.24, 2.45) is 5.73 Å². The minimum absolute atomic E-state index is 0.302. The van der Waals surface area contributed by atoms with Crippen molar-refractivity contribution in [1.29, 1.82) is 0 Å². The minimum atomic E-state index is -0.658. The summed E-state index contributed by atoms with van der Waals surface area (Å²) >= 11 is 5.92. The fourth-order valence-corrected chi connectivity index (χ4v) is 4.10. The number of benzene rings is 2. The quantitative estimate of drug-likeness (QED) is 0.705. The highest BCUT2D eigenvalue weighted by molar-refractivity contribution is 6.30. The van der Waals surface area contributed by atoms with E-state index in [1.54, 1.807) is 0 Å².